The largest absolute Gasteiger partial charge is 0.756 e. The quantitative estimate of drug-likeness (QED) is 0.0195. The van der Waals surface area contributed by atoms with E-state index in [1.165, 1.54) is 70.6 Å². The number of hydrogen-bond acceptors (Lipinski definition) is 8. The highest BCUT2D eigenvalue weighted by Crippen LogP contribution is 2.38. The molecular formula is C65H110NO8P. The summed E-state index contributed by atoms with van der Waals surface area (Å²) >= 11 is 0. The van der Waals surface area contributed by atoms with Gasteiger partial charge in [0, 0.05) is 12.8 Å². The zero-order valence-corrected chi connectivity index (χ0v) is 49.3. The predicted molar refractivity (Wildman–Crippen MR) is 318 cm³/mol. The van der Waals surface area contributed by atoms with E-state index in [4.69, 9.17) is 18.5 Å². The number of quaternary nitrogens is 1. The summed E-state index contributed by atoms with van der Waals surface area (Å²) in [7, 11) is 1.14. The fourth-order valence-electron chi connectivity index (χ4n) is 7.68. The van der Waals surface area contributed by atoms with Crippen LogP contribution in [0.2, 0.25) is 0 Å². The molecule has 428 valence electrons. The molecule has 0 heterocycles. The van der Waals surface area contributed by atoms with Crippen LogP contribution in [0.5, 0.6) is 0 Å². The Morgan fingerprint density at radius 1 is 0.427 bits per heavy atom. The van der Waals surface area contributed by atoms with Crippen LogP contribution in [-0.4, -0.2) is 70.0 Å². The SMILES string of the molecule is CC/C=C\C/C=C\C/C=C\C/C=C\C/C=C\C/C=C\C/C=C\C/C=C\C/C=C\C/C=C\CCCCCCCCC(=O)OC(COC(=O)CCCCCCCCCCCCCCCC)COP(=O)([O-])OCC[N+](C)(C)C. The van der Waals surface area contributed by atoms with Gasteiger partial charge in [-0.05, 0) is 89.9 Å². The first-order chi connectivity index (χ1) is 36.5. The highest BCUT2D eigenvalue weighted by molar-refractivity contribution is 7.45. The molecule has 0 fully saturated rings. The lowest BCUT2D eigenvalue weighted by Gasteiger charge is -2.28. The third kappa shape index (κ3) is 59.5. The maximum absolute atomic E-state index is 12.8. The standard InChI is InChI=1S/C65H110NO8P/c1-6-8-10-12-14-16-18-20-22-23-24-25-26-27-28-29-30-31-32-33-34-35-36-37-38-39-40-41-42-43-44-46-48-50-52-54-56-58-65(68)74-63(62-73-75(69,70)72-60-59-66(3,4)5)61-71-64(67)57-55-53-51-49-47-45-21-19-17-15-13-11-9-7-2/h8,10,14,16,20,22,24-25,27-28,30-31,33-34,36-37,39-40,42-43,63H,6-7,9,11-13,15,17-19,21,23,26,29,32,35,38,41,44-62H2,1-5H3/b10-8-,16-14-,22-20-,25-24-,28-27-,31-30-,34-33-,37-36-,40-39-,43-42-. The van der Waals surface area contributed by atoms with Crippen molar-refractivity contribution in [2.75, 3.05) is 47.5 Å². The van der Waals surface area contributed by atoms with E-state index < -0.39 is 26.5 Å². The second-order valence-corrected chi connectivity index (χ2v) is 22.0. The van der Waals surface area contributed by atoms with Crippen LogP contribution in [0.25, 0.3) is 0 Å². The van der Waals surface area contributed by atoms with Crippen LogP contribution in [0, 0.1) is 0 Å². The van der Waals surface area contributed by atoms with Gasteiger partial charge >= 0.3 is 11.9 Å². The molecule has 0 rings (SSSR count). The first-order valence-electron chi connectivity index (χ1n) is 29.7. The van der Waals surface area contributed by atoms with Gasteiger partial charge in [0.1, 0.15) is 19.8 Å². The van der Waals surface area contributed by atoms with Crippen LogP contribution < -0.4 is 4.89 Å². The van der Waals surface area contributed by atoms with E-state index in [-0.39, 0.29) is 32.0 Å². The van der Waals surface area contributed by atoms with Crippen molar-refractivity contribution in [3.63, 3.8) is 0 Å². The summed E-state index contributed by atoms with van der Waals surface area (Å²) in [6.45, 7) is 4.10. The normalized spacial score (nSPS) is 14.2. The van der Waals surface area contributed by atoms with E-state index in [1.54, 1.807) is 0 Å². The third-order valence-corrected chi connectivity index (χ3v) is 13.2. The molecule has 75 heavy (non-hydrogen) atoms. The summed E-state index contributed by atoms with van der Waals surface area (Å²) in [5.74, 6) is -0.854. The molecule has 0 aromatic carbocycles. The van der Waals surface area contributed by atoms with Gasteiger partial charge in [0.2, 0.25) is 0 Å². The number of nitrogens with zero attached hydrogens (tertiary/aromatic N) is 1. The molecule has 0 aliphatic carbocycles. The summed E-state index contributed by atoms with van der Waals surface area (Å²) in [6, 6.07) is 0. The minimum absolute atomic E-state index is 0.0387. The predicted octanol–water partition coefficient (Wildman–Crippen LogP) is 18.1. The monoisotopic (exact) mass is 1060 g/mol. The highest BCUT2D eigenvalue weighted by Gasteiger charge is 2.21. The minimum atomic E-state index is -4.64. The van der Waals surface area contributed by atoms with Crippen LogP contribution in [-0.2, 0) is 32.7 Å². The van der Waals surface area contributed by atoms with Gasteiger partial charge in [-0.25, -0.2) is 0 Å². The Morgan fingerprint density at radius 2 is 0.760 bits per heavy atom. The lowest BCUT2D eigenvalue weighted by atomic mass is 10.0. The van der Waals surface area contributed by atoms with Crippen molar-refractivity contribution in [3.8, 4) is 0 Å². The topological polar surface area (TPSA) is 111 Å². The Morgan fingerprint density at radius 3 is 1.13 bits per heavy atom. The van der Waals surface area contributed by atoms with E-state index in [0.717, 1.165) is 122 Å². The van der Waals surface area contributed by atoms with Gasteiger partial charge in [-0.3, -0.25) is 14.2 Å². The summed E-state index contributed by atoms with van der Waals surface area (Å²) in [5, 5.41) is 0. The number of carbonyl (C=O) groups excluding carboxylic acids is 2. The Hall–Kier alpha value is -3.59. The number of hydrogen-bond donors (Lipinski definition) is 0. The fourth-order valence-corrected chi connectivity index (χ4v) is 8.41. The van der Waals surface area contributed by atoms with E-state index in [9.17, 15) is 19.0 Å². The van der Waals surface area contributed by atoms with Crippen molar-refractivity contribution in [3.05, 3.63) is 122 Å². The van der Waals surface area contributed by atoms with Gasteiger partial charge in [0.15, 0.2) is 6.10 Å². The molecule has 9 nitrogen and oxygen atoms in total. The number of unbranched alkanes of at least 4 members (excludes halogenated alkanes) is 19. The number of esters is 2. The van der Waals surface area contributed by atoms with Crippen LogP contribution in [0.1, 0.15) is 226 Å². The maximum Gasteiger partial charge on any atom is 0.306 e. The molecule has 2 atom stereocenters. The van der Waals surface area contributed by atoms with E-state index in [2.05, 4.69) is 135 Å². The molecule has 0 N–H and O–H groups in total. The van der Waals surface area contributed by atoms with Crippen molar-refractivity contribution >= 4 is 19.8 Å². The molecule has 0 saturated carbocycles. The lowest BCUT2D eigenvalue weighted by molar-refractivity contribution is -0.870. The van der Waals surface area contributed by atoms with E-state index >= 15 is 0 Å². The molecule has 10 heteroatoms. The zero-order chi connectivity index (χ0) is 54.9. The molecule has 2 unspecified atom stereocenters. The molecular weight excluding hydrogens is 954 g/mol. The highest BCUT2D eigenvalue weighted by atomic mass is 31.2. The van der Waals surface area contributed by atoms with Crippen molar-refractivity contribution in [1.82, 2.24) is 0 Å². The summed E-state index contributed by atoms with van der Waals surface area (Å²) in [5.41, 5.74) is 0. The van der Waals surface area contributed by atoms with Crippen molar-refractivity contribution in [1.29, 1.82) is 0 Å². The number of allylic oxidation sites excluding steroid dienone is 20. The maximum atomic E-state index is 12.8. The first kappa shape index (κ1) is 71.4. The smallest absolute Gasteiger partial charge is 0.306 e. The van der Waals surface area contributed by atoms with Gasteiger partial charge < -0.3 is 27.9 Å². The van der Waals surface area contributed by atoms with Gasteiger partial charge in [-0.15, -0.1) is 0 Å². The van der Waals surface area contributed by atoms with Crippen LogP contribution >= 0.6 is 7.82 Å². The third-order valence-electron chi connectivity index (χ3n) is 12.2. The zero-order valence-electron chi connectivity index (χ0n) is 48.4. The molecule has 0 aromatic heterocycles. The Bertz CT molecular complexity index is 1680. The van der Waals surface area contributed by atoms with Crippen LogP contribution in [0.4, 0.5) is 0 Å². The lowest BCUT2D eigenvalue weighted by Crippen LogP contribution is -2.37. The Balaban J connectivity index is 4.17. The molecule has 0 aliphatic rings. The molecule has 0 amide bonds. The number of carbonyl (C=O) groups is 2. The van der Waals surface area contributed by atoms with Crippen LogP contribution in [0.15, 0.2) is 122 Å². The van der Waals surface area contributed by atoms with Gasteiger partial charge in [0.05, 0.1) is 27.7 Å². The van der Waals surface area contributed by atoms with Gasteiger partial charge in [-0.2, -0.15) is 0 Å². The van der Waals surface area contributed by atoms with E-state index in [0.29, 0.717) is 17.4 Å². The van der Waals surface area contributed by atoms with Gasteiger partial charge in [0.25, 0.3) is 7.82 Å². The van der Waals surface area contributed by atoms with Crippen molar-refractivity contribution in [2.24, 2.45) is 0 Å². The second-order valence-electron chi connectivity index (χ2n) is 20.6. The molecule has 0 radical (unpaired) electrons. The number of phosphoric ester groups is 1. The molecule has 0 aromatic rings. The summed E-state index contributed by atoms with van der Waals surface area (Å²) in [4.78, 5) is 37.8. The molecule has 0 bridgehead atoms. The number of rotatable bonds is 53. The van der Waals surface area contributed by atoms with Crippen molar-refractivity contribution < 1.29 is 42.1 Å². The van der Waals surface area contributed by atoms with Gasteiger partial charge in [-0.1, -0.05) is 245 Å². The second kappa shape index (κ2) is 55.2. The van der Waals surface area contributed by atoms with E-state index in [1.807, 2.05) is 21.1 Å². The number of phosphoric acid groups is 1. The number of ether oxygens (including phenoxy) is 2. The van der Waals surface area contributed by atoms with Crippen LogP contribution in [0.3, 0.4) is 0 Å². The first-order valence-corrected chi connectivity index (χ1v) is 31.2. The molecule has 0 spiro atoms. The summed E-state index contributed by atoms with van der Waals surface area (Å²) in [6.07, 6.45) is 78.2. The Kier molecular flexibility index (Phi) is 52.5. The average molecular weight is 1060 g/mol. The number of likely N-dealkylation sites (N-methyl/N-ethyl adjacent to an activating group) is 1. The fraction of sp³-hybridized carbons (Fsp3) is 0.662. The molecule has 0 aliphatic heterocycles. The average Bonchev–Trinajstić information content (AvgIpc) is 3.37. The van der Waals surface area contributed by atoms with Crippen molar-refractivity contribution in [2.45, 2.75) is 232 Å². The molecule has 0 saturated heterocycles. The summed E-state index contributed by atoms with van der Waals surface area (Å²) < 4.78 is 34.1. The Labute approximate surface area is 460 Å². The minimum Gasteiger partial charge on any atom is -0.756 e.